The number of Topliss-reactive ketones (excluding diaryl/α,β-unsaturated/α-hetero) is 1. The van der Waals surface area contributed by atoms with E-state index in [4.69, 9.17) is 39.5 Å². The molecule has 1 atom stereocenters. The van der Waals surface area contributed by atoms with Crippen LogP contribution >= 0.6 is 34.8 Å². The summed E-state index contributed by atoms with van der Waals surface area (Å²) in [6.07, 6.45) is 0. The van der Waals surface area contributed by atoms with Gasteiger partial charge in [0.1, 0.15) is 5.76 Å². The van der Waals surface area contributed by atoms with Crippen LogP contribution < -0.4 is 0 Å². The van der Waals surface area contributed by atoms with E-state index in [1.54, 1.807) is 42.5 Å². The summed E-state index contributed by atoms with van der Waals surface area (Å²) in [5.41, 5.74) is 0.895. The summed E-state index contributed by atoms with van der Waals surface area (Å²) >= 11 is 18.5. The first-order valence-corrected chi connectivity index (χ1v) is 11.3. The minimum absolute atomic E-state index is 0.0106. The van der Waals surface area contributed by atoms with Gasteiger partial charge in [-0.3, -0.25) is 14.5 Å². The highest BCUT2D eigenvalue weighted by atomic mass is 35.5. The molecule has 2 aliphatic rings. The monoisotopic (exact) mass is 494 g/mol. The van der Waals surface area contributed by atoms with Crippen molar-refractivity contribution in [3.05, 3.63) is 74.2 Å². The van der Waals surface area contributed by atoms with E-state index in [1.165, 1.54) is 4.90 Å². The molecule has 2 heterocycles. The van der Waals surface area contributed by atoms with Gasteiger partial charge in [-0.05, 0) is 42.0 Å². The molecule has 0 saturated carbocycles. The van der Waals surface area contributed by atoms with Crippen LogP contribution in [0.3, 0.4) is 0 Å². The van der Waals surface area contributed by atoms with Gasteiger partial charge in [-0.1, -0.05) is 40.9 Å². The minimum Gasteiger partial charge on any atom is -0.507 e. The Bertz CT molecular complexity index is 1070. The predicted molar refractivity (Wildman–Crippen MR) is 124 cm³/mol. The van der Waals surface area contributed by atoms with Crippen LogP contribution in [0, 0.1) is 0 Å². The standard InChI is InChI=1S/C23H21Cl3N2O4/c24-15-3-1-14(2-4-15)21(29)19-20(17-6-5-16(25)13-18(17)26)28(23(31)22(19)30)8-7-27-9-11-32-12-10-27/h1-6,13,20,29H,7-12H2/b21-19-. The Hall–Kier alpha value is -2.09. The van der Waals surface area contributed by atoms with Crippen LogP contribution in [0.2, 0.25) is 15.1 Å². The van der Waals surface area contributed by atoms with Crippen LogP contribution in [0.4, 0.5) is 0 Å². The molecule has 0 aromatic heterocycles. The molecule has 0 radical (unpaired) electrons. The molecule has 0 spiro atoms. The molecule has 4 rings (SSSR count). The molecular formula is C23H21Cl3N2O4. The van der Waals surface area contributed by atoms with Crippen LogP contribution in [-0.4, -0.2) is 66.0 Å². The number of likely N-dealkylation sites (tertiary alicyclic amines) is 1. The molecule has 2 fully saturated rings. The van der Waals surface area contributed by atoms with Crippen molar-refractivity contribution in [2.24, 2.45) is 0 Å². The maximum Gasteiger partial charge on any atom is 0.295 e. The van der Waals surface area contributed by atoms with Crippen molar-refractivity contribution in [3.63, 3.8) is 0 Å². The van der Waals surface area contributed by atoms with Gasteiger partial charge in [0.25, 0.3) is 11.7 Å². The van der Waals surface area contributed by atoms with Crippen LogP contribution in [0.1, 0.15) is 17.2 Å². The maximum atomic E-state index is 13.1. The molecule has 6 nitrogen and oxygen atoms in total. The number of carbonyl (C=O) groups excluding carboxylic acids is 2. The van der Waals surface area contributed by atoms with Gasteiger partial charge in [0.15, 0.2) is 0 Å². The van der Waals surface area contributed by atoms with Gasteiger partial charge in [-0.2, -0.15) is 0 Å². The first kappa shape index (κ1) is 23.1. The Labute approximate surface area is 200 Å². The van der Waals surface area contributed by atoms with Gasteiger partial charge < -0.3 is 14.7 Å². The average molecular weight is 496 g/mol. The van der Waals surface area contributed by atoms with Crippen molar-refractivity contribution in [2.45, 2.75) is 6.04 Å². The van der Waals surface area contributed by atoms with Gasteiger partial charge in [-0.25, -0.2) is 0 Å². The minimum atomic E-state index is -0.837. The summed E-state index contributed by atoms with van der Waals surface area (Å²) in [6.45, 7) is 3.62. The Morgan fingerprint density at radius 3 is 2.28 bits per heavy atom. The van der Waals surface area contributed by atoms with E-state index in [0.29, 0.717) is 52.5 Å². The predicted octanol–water partition coefficient (Wildman–Crippen LogP) is 4.40. The number of hydrogen-bond acceptors (Lipinski definition) is 5. The summed E-state index contributed by atoms with van der Waals surface area (Å²) in [7, 11) is 0. The van der Waals surface area contributed by atoms with Gasteiger partial charge >= 0.3 is 0 Å². The lowest BCUT2D eigenvalue weighted by atomic mass is 9.95. The Kier molecular flexibility index (Phi) is 7.08. The number of aliphatic hydroxyl groups excluding tert-OH is 1. The number of rotatable bonds is 5. The fraction of sp³-hybridized carbons (Fsp3) is 0.304. The number of aliphatic hydroxyl groups is 1. The molecule has 2 saturated heterocycles. The first-order valence-electron chi connectivity index (χ1n) is 10.2. The highest BCUT2D eigenvalue weighted by Crippen LogP contribution is 2.42. The molecule has 1 N–H and O–H groups in total. The van der Waals surface area contributed by atoms with E-state index in [9.17, 15) is 14.7 Å². The van der Waals surface area contributed by atoms with Crippen LogP contribution in [0.15, 0.2) is 48.0 Å². The largest absolute Gasteiger partial charge is 0.507 e. The summed E-state index contributed by atoms with van der Waals surface area (Å²) < 4.78 is 5.38. The lowest BCUT2D eigenvalue weighted by Gasteiger charge is -2.31. The van der Waals surface area contributed by atoms with Crippen LogP contribution in [-0.2, 0) is 14.3 Å². The second-order valence-corrected chi connectivity index (χ2v) is 8.90. The van der Waals surface area contributed by atoms with Crippen molar-refractivity contribution < 1.29 is 19.4 Å². The van der Waals surface area contributed by atoms with Gasteiger partial charge in [0, 0.05) is 46.8 Å². The van der Waals surface area contributed by atoms with Crippen molar-refractivity contribution in [1.29, 1.82) is 0 Å². The van der Waals surface area contributed by atoms with E-state index >= 15 is 0 Å². The molecule has 0 aliphatic carbocycles. The number of hydrogen-bond donors (Lipinski definition) is 1. The summed E-state index contributed by atoms with van der Waals surface area (Å²) in [6, 6.07) is 10.5. The highest BCUT2D eigenvalue weighted by molar-refractivity contribution is 6.47. The molecular weight excluding hydrogens is 475 g/mol. The number of nitrogens with zero attached hydrogens (tertiary/aromatic N) is 2. The zero-order valence-corrected chi connectivity index (χ0v) is 19.3. The summed E-state index contributed by atoms with van der Waals surface area (Å²) in [5.74, 6) is -1.70. The second-order valence-electron chi connectivity index (χ2n) is 7.62. The molecule has 32 heavy (non-hydrogen) atoms. The number of amides is 1. The summed E-state index contributed by atoms with van der Waals surface area (Å²) in [5, 5.41) is 12.3. The molecule has 0 bridgehead atoms. The number of ketones is 1. The van der Waals surface area contributed by atoms with E-state index < -0.39 is 17.7 Å². The van der Waals surface area contributed by atoms with E-state index in [1.807, 2.05) is 0 Å². The highest BCUT2D eigenvalue weighted by Gasteiger charge is 2.46. The molecule has 1 unspecified atom stereocenters. The second kappa shape index (κ2) is 9.81. The third-order valence-corrected chi connectivity index (χ3v) is 6.49. The van der Waals surface area contributed by atoms with Crippen molar-refractivity contribution in [3.8, 4) is 0 Å². The Balaban J connectivity index is 1.76. The van der Waals surface area contributed by atoms with E-state index in [0.717, 1.165) is 13.1 Å². The first-order chi connectivity index (χ1) is 15.4. The van der Waals surface area contributed by atoms with Gasteiger partial charge in [-0.15, -0.1) is 0 Å². The topological polar surface area (TPSA) is 70.1 Å². The van der Waals surface area contributed by atoms with E-state index in [2.05, 4.69) is 4.90 Å². The van der Waals surface area contributed by atoms with Crippen molar-refractivity contribution in [2.75, 3.05) is 39.4 Å². The van der Waals surface area contributed by atoms with E-state index in [-0.39, 0.29) is 11.3 Å². The molecule has 2 aromatic rings. The maximum absolute atomic E-state index is 13.1. The van der Waals surface area contributed by atoms with Gasteiger partial charge in [0.2, 0.25) is 0 Å². The molecule has 2 aliphatic heterocycles. The zero-order valence-electron chi connectivity index (χ0n) is 17.1. The number of ether oxygens (including phenoxy) is 1. The normalized spacial score (nSPS) is 21.3. The SMILES string of the molecule is O=C1C(=O)N(CCN2CCOCC2)C(c2ccc(Cl)cc2Cl)/C1=C(/O)c1ccc(Cl)cc1. The average Bonchev–Trinajstić information content (AvgIpc) is 3.03. The fourth-order valence-corrected chi connectivity index (χ4v) is 4.63. The van der Waals surface area contributed by atoms with Crippen LogP contribution in [0.5, 0.6) is 0 Å². The molecule has 2 aromatic carbocycles. The van der Waals surface area contributed by atoms with Crippen LogP contribution in [0.25, 0.3) is 5.76 Å². The quantitative estimate of drug-likeness (QED) is 0.378. The van der Waals surface area contributed by atoms with Crippen molar-refractivity contribution >= 4 is 52.3 Å². The fourth-order valence-electron chi connectivity index (χ4n) is 3.99. The molecule has 168 valence electrons. The Morgan fingerprint density at radius 2 is 1.62 bits per heavy atom. The number of carbonyl (C=O) groups is 2. The number of halogens is 3. The number of morpholine rings is 1. The molecule has 1 amide bonds. The Morgan fingerprint density at radius 1 is 0.969 bits per heavy atom. The smallest absolute Gasteiger partial charge is 0.295 e. The van der Waals surface area contributed by atoms with Gasteiger partial charge in [0.05, 0.1) is 24.8 Å². The van der Waals surface area contributed by atoms with Crippen molar-refractivity contribution in [1.82, 2.24) is 9.80 Å². The lowest BCUT2D eigenvalue weighted by molar-refractivity contribution is -0.140. The summed E-state index contributed by atoms with van der Waals surface area (Å²) in [4.78, 5) is 29.7. The zero-order chi connectivity index (χ0) is 22.8. The lowest BCUT2D eigenvalue weighted by Crippen LogP contribution is -2.42. The molecule has 9 heteroatoms. The third-order valence-electron chi connectivity index (χ3n) is 5.68. The third kappa shape index (κ3) is 4.65. The number of benzene rings is 2.